The van der Waals surface area contributed by atoms with Gasteiger partial charge in [-0.3, -0.25) is 4.79 Å². The number of hydrogen-bond donors (Lipinski definition) is 3. The van der Waals surface area contributed by atoms with Crippen molar-refractivity contribution in [3.05, 3.63) is 23.8 Å². The number of carbonyl (C=O) groups is 1. The van der Waals surface area contributed by atoms with E-state index >= 15 is 0 Å². The van der Waals surface area contributed by atoms with Crippen molar-refractivity contribution in [3.8, 4) is 11.5 Å². The van der Waals surface area contributed by atoms with Gasteiger partial charge in [0.1, 0.15) is 0 Å². The number of sulfonamides is 1. The molecule has 9 heteroatoms. The molecule has 0 unspecified atom stereocenters. The van der Waals surface area contributed by atoms with Gasteiger partial charge in [-0.2, -0.15) is 12.6 Å². The molecule has 1 rings (SSSR count). The van der Waals surface area contributed by atoms with Crippen molar-refractivity contribution in [2.75, 3.05) is 38.8 Å². The zero-order valence-corrected chi connectivity index (χ0v) is 14.2. The summed E-state index contributed by atoms with van der Waals surface area (Å²) in [5.41, 5.74) is 0.360. The van der Waals surface area contributed by atoms with Crippen molar-refractivity contribution >= 4 is 28.6 Å². The molecule has 0 aliphatic rings. The molecule has 0 aliphatic carbocycles. The summed E-state index contributed by atoms with van der Waals surface area (Å²) in [6.07, 6.45) is 0. The van der Waals surface area contributed by atoms with Gasteiger partial charge < -0.3 is 14.8 Å². The Morgan fingerprint density at radius 3 is 2.45 bits per heavy atom. The van der Waals surface area contributed by atoms with E-state index in [4.69, 9.17) is 9.47 Å². The number of benzene rings is 1. The second-order valence-corrected chi connectivity index (χ2v) is 6.64. The molecule has 0 bridgehead atoms. The van der Waals surface area contributed by atoms with Crippen LogP contribution in [0.4, 0.5) is 0 Å². The molecule has 0 saturated carbocycles. The Labute approximate surface area is 135 Å². The summed E-state index contributed by atoms with van der Waals surface area (Å²) in [4.78, 5) is 12.0. The molecule has 2 N–H and O–H groups in total. The lowest BCUT2D eigenvalue weighted by atomic mass is 10.2. The summed E-state index contributed by atoms with van der Waals surface area (Å²) in [6.45, 7) is 0.268. The van der Waals surface area contributed by atoms with Gasteiger partial charge in [0.05, 0.1) is 20.0 Å². The number of ether oxygens (including phenoxy) is 2. The number of carbonyl (C=O) groups excluding carboxylic acids is 1. The molecular weight excluding hydrogens is 328 g/mol. The highest BCUT2D eigenvalue weighted by Gasteiger charge is 2.13. The van der Waals surface area contributed by atoms with Crippen molar-refractivity contribution in [2.45, 2.75) is 0 Å². The summed E-state index contributed by atoms with van der Waals surface area (Å²) in [7, 11) is -0.432. The molecule has 0 atom stereocenters. The van der Waals surface area contributed by atoms with Gasteiger partial charge in [-0.25, -0.2) is 13.1 Å². The van der Waals surface area contributed by atoms with Crippen molar-refractivity contribution in [1.29, 1.82) is 0 Å². The number of hydrogen-bond acceptors (Lipinski definition) is 6. The minimum absolute atomic E-state index is 0.00901. The Kier molecular flexibility index (Phi) is 7.49. The van der Waals surface area contributed by atoms with Crippen LogP contribution in [0.15, 0.2) is 18.2 Å². The third kappa shape index (κ3) is 5.74. The molecule has 22 heavy (non-hydrogen) atoms. The maximum Gasteiger partial charge on any atom is 0.251 e. The first-order valence-corrected chi connectivity index (χ1v) is 8.80. The van der Waals surface area contributed by atoms with Crippen LogP contribution < -0.4 is 19.5 Å². The molecule has 0 radical (unpaired) electrons. The van der Waals surface area contributed by atoms with Crippen molar-refractivity contribution in [1.82, 2.24) is 10.0 Å². The number of thiol groups is 1. The summed E-state index contributed by atoms with van der Waals surface area (Å²) in [6, 6.07) is 4.71. The maximum absolute atomic E-state index is 12.0. The Hall–Kier alpha value is -1.45. The van der Waals surface area contributed by atoms with Crippen LogP contribution in [0.1, 0.15) is 10.4 Å². The molecule has 7 nitrogen and oxygen atoms in total. The van der Waals surface area contributed by atoms with Crippen molar-refractivity contribution in [2.24, 2.45) is 0 Å². The molecular formula is C13H20N2O5S2. The predicted octanol–water partition coefficient (Wildman–Crippen LogP) is 0.283. The van der Waals surface area contributed by atoms with Crippen LogP contribution in [0.25, 0.3) is 0 Å². The summed E-state index contributed by atoms with van der Waals surface area (Å²) in [5, 5.41) is 2.55. The lowest BCUT2D eigenvalue weighted by molar-refractivity contribution is 0.0955. The van der Waals surface area contributed by atoms with E-state index in [-0.39, 0.29) is 24.7 Å². The van der Waals surface area contributed by atoms with Crippen LogP contribution in [0.2, 0.25) is 0 Å². The van der Waals surface area contributed by atoms with Crippen LogP contribution >= 0.6 is 12.6 Å². The molecule has 1 aromatic carbocycles. The topological polar surface area (TPSA) is 93.7 Å². The fourth-order valence-electron chi connectivity index (χ4n) is 1.65. The number of rotatable bonds is 9. The molecule has 0 aliphatic heterocycles. The monoisotopic (exact) mass is 348 g/mol. The van der Waals surface area contributed by atoms with E-state index in [1.54, 1.807) is 12.1 Å². The average Bonchev–Trinajstić information content (AvgIpc) is 2.51. The Morgan fingerprint density at radius 2 is 1.86 bits per heavy atom. The van der Waals surface area contributed by atoms with Crippen molar-refractivity contribution in [3.63, 3.8) is 0 Å². The lowest BCUT2D eigenvalue weighted by Gasteiger charge is -2.10. The van der Waals surface area contributed by atoms with Gasteiger partial charge in [0.2, 0.25) is 10.0 Å². The standard InChI is InChI=1S/C13H20N2O5S2/c1-19-11-4-3-10(9-12(11)20-2)13(16)14-6-8-22(17,18)15-5-7-21/h3-4,9,15,21H,5-8H2,1-2H3,(H,14,16). The first kappa shape index (κ1) is 18.6. The Morgan fingerprint density at radius 1 is 1.18 bits per heavy atom. The van der Waals surface area contributed by atoms with Gasteiger partial charge in [0.25, 0.3) is 5.91 Å². The third-order valence-corrected chi connectivity index (χ3v) is 4.34. The van der Waals surface area contributed by atoms with Crippen LogP contribution in [-0.4, -0.2) is 53.1 Å². The predicted molar refractivity (Wildman–Crippen MR) is 87.5 cm³/mol. The fourth-order valence-corrected chi connectivity index (χ4v) is 2.84. The first-order valence-electron chi connectivity index (χ1n) is 6.52. The fraction of sp³-hybridized carbons (Fsp3) is 0.462. The van der Waals surface area contributed by atoms with Crippen molar-refractivity contribution < 1.29 is 22.7 Å². The Balaban J connectivity index is 2.59. The largest absolute Gasteiger partial charge is 0.493 e. The minimum atomic E-state index is -3.40. The zero-order chi connectivity index (χ0) is 16.6. The van der Waals surface area contributed by atoms with Gasteiger partial charge in [-0.1, -0.05) is 0 Å². The minimum Gasteiger partial charge on any atom is -0.493 e. The van der Waals surface area contributed by atoms with E-state index in [9.17, 15) is 13.2 Å². The van der Waals surface area contributed by atoms with E-state index in [1.807, 2.05) is 0 Å². The Bertz CT molecular complexity index is 604. The van der Waals surface area contributed by atoms with Gasteiger partial charge >= 0.3 is 0 Å². The summed E-state index contributed by atoms with van der Waals surface area (Å²) < 4.78 is 35.7. The van der Waals surface area contributed by atoms with E-state index < -0.39 is 10.0 Å². The van der Waals surface area contributed by atoms with E-state index in [0.29, 0.717) is 22.8 Å². The summed E-state index contributed by atoms with van der Waals surface area (Å²) in [5.74, 6) is 0.776. The van der Waals surface area contributed by atoms with Crippen LogP contribution in [0, 0.1) is 0 Å². The van der Waals surface area contributed by atoms with Gasteiger partial charge in [0, 0.05) is 24.4 Å². The SMILES string of the molecule is COc1ccc(C(=O)NCCS(=O)(=O)NCCS)cc1OC. The number of nitrogens with one attached hydrogen (secondary N) is 2. The zero-order valence-electron chi connectivity index (χ0n) is 12.5. The average molecular weight is 348 g/mol. The van der Waals surface area contributed by atoms with Gasteiger partial charge in [0.15, 0.2) is 11.5 Å². The first-order chi connectivity index (χ1) is 10.4. The van der Waals surface area contributed by atoms with Crippen LogP contribution in [-0.2, 0) is 10.0 Å². The third-order valence-electron chi connectivity index (χ3n) is 2.74. The second kappa shape index (κ2) is 8.86. The lowest BCUT2D eigenvalue weighted by Crippen LogP contribution is -2.35. The van der Waals surface area contributed by atoms with E-state index in [2.05, 4.69) is 22.7 Å². The molecule has 1 aromatic rings. The molecule has 0 spiro atoms. The van der Waals surface area contributed by atoms with Crippen LogP contribution in [0.3, 0.4) is 0 Å². The highest BCUT2D eigenvalue weighted by atomic mass is 32.2. The molecule has 0 heterocycles. The number of methoxy groups -OCH3 is 2. The molecule has 0 fully saturated rings. The van der Waals surface area contributed by atoms with Crippen LogP contribution in [0.5, 0.6) is 11.5 Å². The summed E-state index contributed by atoms with van der Waals surface area (Å²) >= 11 is 3.92. The highest BCUT2D eigenvalue weighted by molar-refractivity contribution is 7.89. The molecule has 0 saturated heterocycles. The molecule has 124 valence electrons. The second-order valence-electron chi connectivity index (χ2n) is 4.26. The number of amides is 1. The highest BCUT2D eigenvalue weighted by Crippen LogP contribution is 2.27. The molecule has 1 amide bonds. The van der Waals surface area contributed by atoms with Gasteiger partial charge in [-0.15, -0.1) is 0 Å². The smallest absolute Gasteiger partial charge is 0.251 e. The maximum atomic E-state index is 12.0. The molecule has 0 aromatic heterocycles. The van der Waals surface area contributed by atoms with E-state index in [0.717, 1.165) is 0 Å². The quantitative estimate of drug-likeness (QED) is 0.558. The van der Waals surface area contributed by atoms with E-state index in [1.165, 1.54) is 20.3 Å². The normalized spacial score (nSPS) is 11.0. The van der Waals surface area contributed by atoms with Gasteiger partial charge in [-0.05, 0) is 18.2 Å².